The van der Waals surface area contributed by atoms with E-state index in [2.05, 4.69) is 10.2 Å². The molecular formula is C10H13ClN2O2S2. The number of rotatable bonds is 6. The Morgan fingerprint density at radius 2 is 2.35 bits per heavy atom. The fourth-order valence-electron chi connectivity index (χ4n) is 1.57. The van der Waals surface area contributed by atoms with Crippen LogP contribution in [0.4, 0.5) is 0 Å². The first kappa shape index (κ1) is 13.1. The van der Waals surface area contributed by atoms with E-state index in [0.717, 1.165) is 29.4 Å². The largest absolute Gasteiger partial charge is 0.469 e. The van der Waals surface area contributed by atoms with Crippen LogP contribution in [-0.2, 0) is 15.3 Å². The number of aromatic nitrogens is 2. The van der Waals surface area contributed by atoms with E-state index in [1.54, 1.807) is 11.8 Å². The van der Waals surface area contributed by atoms with Crippen LogP contribution in [0.5, 0.6) is 0 Å². The zero-order valence-electron chi connectivity index (χ0n) is 9.44. The molecule has 1 fully saturated rings. The van der Waals surface area contributed by atoms with Crippen LogP contribution in [0.1, 0.15) is 24.3 Å². The molecule has 1 aromatic rings. The number of hydrogen-bond acceptors (Lipinski definition) is 6. The van der Waals surface area contributed by atoms with Crippen LogP contribution in [0.15, 0.2) is 0 Å². The molecule has 1 aliphatic rings. The molecule has 0 spiro atoms. The van der Waals surface area contributed by atoms with Crippen molar-refractivity contribution in [3.8, 4) is 0 Å². The quantitative estimate of drug-likeness (QED) is 0.755. The molecule has 1 aromatic heterocycles. The molecule has 17 heavy (non-hydrogen) atoms. The van der Waals surface area contributed by atoms with Gasteiger partial charge in [-0.3, -0.25) is 4.79 Å². The first-order valence-electron chi connectivity index (χ1n) is 5.26. The van der Waals surface area contributed by atoms with Crippen molar-refractivity contribution >= 4 is 40.7 Å². The van der Waals surface area contributed by atoms with E-state index < -0.39 is 0 Å². The van der Waals surface area contributed by atoms with Crippen molar-refractivity contribution in [3.05, 3.63) is 9.47 Å². The minimum atomic E-state index is -0.109. The maximum absolute atomic E-state index is 11.2. The zero-order valence-corrected chi connectivity index (χ0v) is 11.8. The lowest BCUT2D eigenvalue weighted by Crippen LogP contribution is -2.13. The van der Waals surface area contributed by atoms with Gasteiger partial charge in [0.15, 0.2) is 0 Å². The van der Waals surface area contributed by atoms with Crippen LogP contribution >= 0.6 is 34.7 Å². The Bertz CT molecular complexity index is 407. The van der Waals surface area contributed by atoms with Gasteiger partial charge < -0.3 is 4.74 Å². The number of carbonyl (C=O) groups excluding carboxylic acids is 1. The van der Waals surface area contributed by atoms with Gasteiger partial charge in [-0.2, -0.15) is 11.8 Å². The molecular weight excluding hydrogens is 280 g/mol. The number of halogens is 1. The molecule has 4 nitrogen and oxygen atoms in total. The lowest BCUT2D eigenvalue weighted by Gasteiger charge is -2.12. The number of thioether (sulfide) groups is 1. The van der Waals surface area contributed by atoms with Gasteiger partial charge in [-0.05, 0) is 35.6 Å². The standard InChI is InChI=1S/C10H13ClN2O2S2/c1-15-8(14)4-10(2-3-10)6-16-5-7-12-13-9(11)17-7/h2-6H2,1H3. The highest BCUT2D eigenvalue weighted by Crippen LogP contribution is 2.51. The number of ether oxygens (including phenoxy) is 1. The van der Waals surface area contributed by atoms with E-state index in [1.807, 2.05) is 0 Å². The average molecular weight is 293 g/mol. The van der Waals surface area contributed by atoms with E-state index in [4.69, 9.17) is 16.3 Å². The molecule has 0 unspecified atom stereocenters. The minimum Gasteiger partial charge on any atom is -0.469 e. The second kappa shape index (κ2) is 5.54. The smallest absolute Gasteiger partial charge is 0.306 e. The van der Waals surface area contributed by atoms with E-state index in [1.165, 1.54) is 18.4 Å². The van der Waals surface area contributed by atoms with Crippen molar-refractivity contribution in [2.24, 2.45) is 5.41 Å². The summed E-state index contributed by atoms with van der Waals surface area (Å²) in [6.07, 6.45) is 2.77. The predicted octanol–water partition coefficient (Wildman–Crippen LogP) is 2.77. The third-order valence-electron chi connectivity index (χ3n) is 2.78. The highest BCUT2D eigenvalue weighted by Gasteiger charge is 2.44. The predicted molar refractivity (Wildman–Crippen MR) is 69.4 cm³/mol. The average Bonchev–Trinajstić information content (AvgIpc) is 2.93. The molecule has 7 heteroatoms. The van der Waals surface area contributed by atoms with Gasteiger partial charge >= 0.3 is 5.97 Å². The van der Waals surface area contributed by atoms with Gasteiger partial charge in [-0.1, -0.05) is 11.3 Å². The third-order valence-corrected chi connectivity index (χ3v) is 5.28. The Labute approximate surface area is 113 Å². The monoisotopic (exact) mass is 292 g/mol. The Balaban J connectivity index is 1.73. The third kappa shape index (κ3) is 3.82. The van der Waals surface area contributed by atoms with E-state index in [-0.39, 0.29) is 11.4 Å². The molecule has 1 saturated carbocycles. The molecule has 0 aliphatic heterocycles. The molecule has 0 atom stereocenters. The summed E-state index contributed by atoms with van der Waals surface area (Å²) in [7, 11) is 1.44. The second-order valence-corrected chi connectivity index (χ2v) is 6.82. The summed E-state index contributed by atoms with van der Waals surface area (Å²) in [4.78, 5) is 11.2. The van der Waals surface area contributed by atoms with Crippen LogP contribution in [0.2, 0.25) is 4.47 Å². The van der Waals surface area contributed by atoms with Gasteiger partial charge in [0.1, 0.15) is 5.01 Å². The molecule has 0 radical (unpaired) electrons. The normalized spacial score (nSPS) is 16.8. The van der Waals surface area contributed by atoms with Crippen LogP contribution in [0.25, 0.3) is 0 Å². The van der Waals surface area contributed by atoms with Crippen molar-refractivity contribution < 1.29 is 9.53 Å². The summed E-state index contributed by atoms with van der Waals surface area (Å²) < 4.78 is 5.19. The minimum absolute atomic E-state index is 0.109. The Kier molecular flexibility index (Phi) is 4.27. The molecule has 0 amide bonds. The van der Waals surface area contributed by atoms with Gasteiger partial charge in [0.05, 0.1) is 13.5 Å². The maximum Gasteiger partial charge on any atom is 0.306 e. The summed E-state index contributed by atoms with van der Waals surface area (Å²) in [5, 5.41) is 8.65. The zero-order chi connectivity index (χ0) is 12.3. The summed E-state index contributed by atoms with van der Waals surface area (Å²) in [5.74, 6) is 1.68. The fourth-order valence-corrected chi connectivity index (χ4v) is 3.88. The number of methoxy groups -OCH3 is 1. The Morgan fingerprint density at radius 1 is 1.59 bits per heavy atom. The molecule has 94 valence electrons. The topological polar surface area (TPSA) is 52.1 Å². The van der Waals surface area contributed by atoms with Gasteiger partial charge in [-0.15, -0.1) is 10.2 Å². The summed E-state index contributed by atoms with van der Waals surface area (Å²) in [5.41, 5.74) is 0.173. The lowest BCUT2D eigenvalue weighted by atomic mass is 10.1. The highest BCUT2D eigenvalue weighted by atomic mass is 35.5. The molecule has 0 N–H and O–H groups in total. The van der Waals surface area contributed by atoms with E-state index in [0.29, 0.717) is 10.9 Å². The molecule has 1 aliphatic carbocycles. The molecule has 1 heterocycles. The van der Waals surface area contributed by atoms with Gasteiger partial charge in [0.2, 0.25) is 4.47 Å². The number of hydrogen-bond donors (Lipinski definition) is 0. The Hall–Kier alpha value is -0.330. The lowest BCUT2D eigenvalue weighted by molar-refractivity contribution is -0.141. The van der Waals surface area contributed by atoms with Crippen LogP contribution in [-0.4, -0.2) is 29.0 Å². The van der Waals surface area contributed by atoms with Crippen molar-refractivity contribution in [2.75, 3.05) is 12.9 Å². The first-order chi connectivity index (χ1) is 8.13. The van der Waals surface area contributed by atoms with Crippen molar-refractivity contribution in [3.63, 3.8) is 0 Å². The van der Waals surface area contributed by atoms with Gasteiger partial charge in [0, 0.05) is 5.75 Å². The van der Waals surface area contributed by atoms with Crippen LogP contribution in [0.3, 0.4) is 0 Å². The van der Waals surface area contributed by atoms with Gasteiger partial charge in [-0.25, -0.2) is 0 Å². The van der Waals surface area contributed by atoms with E-state index in [9.17, 15) is 4.79 Å². The van der Waals surface area contributed by atoms with Crippen molar-refractivity contribution in [1.82, 2.24) is 10.2 Å². The number of nitrogens with zero attached hydrogens (tertiary/aromatic N) is 2. The summed E-state index contributed by atoms with van der Waals surface area (Å²) in [6, 6.07) is 0. The molecule has 0 bridgehead atoms. The Morgan fingerprint density at radius 3 is 2.88 bits per heavy atom. The SMILES string of the molecule is COC(=O)CC1(CSCc2nnc(Cl)s2)CC1. The number of carbonyl (C=O) groups is 1. The number of esters is 1. The van der Waals surface area contributed by atoms with Crippen molar-refractivity contribution in [2.45, 2.75) is 25.0 Å². The maximum atomic E-state index is 11.2. The van der Waals surface area contributed by atoms with Gasteiger partial charge in [0.25, 0.3) is 0 Å². The second-order valence-electron chi connectivity index (χ2n) is 4.19. The summed E-state index contributed by atoms with van der Waals surface area (Å²) >= 11 is 8.89. The molecule has 0 aromatic carbocycles. The molecule has 2 rings (SSSR count). The first-order valence-corrected chi connectivity index (χ1v) is 7.61. The fraction of sp³-hybridized carbons (Fsp3) is 0.700. The molecule has 0 saturated heterocycles. The van der Waals surface area contributed by atoms with Crippen LogP contribution in [0, 0.1) is 5.41 Å². The van der Waals surface area contributed by atoms with Crippen LogP contribution < -0.4 is 0 Å². The van der Waals surface area contributed by atoms with E-state index >= 15 is 0 Å². The summed E-state index contributed by atoms with van der Waals surface area (Å²) in [6.45, 7) is 0. The highest BCUT2D eigenvalue weighted by molar-refractivity contribution is 7.98. The van der Waals surface area contributed by atoms with Crippen molar-refractivity contribution in [1.29, 1.82) is 0 Å².